The second kappa shape index (κ2) is 17.3. The molecule has 2 nitrogen and oxygen atoms in total. The second-order valence-electron chi connectivity index (χ2n) is 8.45. The Morgan fingerprint density at radius 2 is 1.15 bits per heavy atom. The summed E-state index contributed by atoms with van der Waals surface area (Å²) >= 11 is 0. The summed E-state index contributed by atoms with van der Waals surface area (Å²) in [6.07, 6.45) is 28.2. The number of rotatable bonds is 19. The van der Waals surface area contributed by atoms with E-state index in [-0.39, 0.29) is 0 Å². The Bertz CT molecular complexity index is 436. The molecule has 0 saturated carbocycles. The van der Waals surface area contributed by atoms with Crippen LogP contribution in [0.5, 0.6) is 0 Å². The number of aryl methyl sites for hydroxylation is 2. The number of hydrogen-bond acceptors (Lipinski definition) is 0. The van der Waals surface area contributed by atoms with Gasteiger partial charge in [-0.3, -0.25) is 0 Å². The van der Waals surface area contributed by atoms with Crippen LogP contribution in [0, 0.1) is 0 Å². The lowest BCUT2D eigenvalue weighted by atomic mass is 10.1. The van der Waals surface area contributed by atoms with Crippen LogP contribution >= 0.6 is 0 Å². The number of unbranched alkanes of at least 4 members (excludes halogenated alkanes) is 13. The van der Waals surface area contributed by atoms with Gasteiger partial charge >= 0.3 is 0 Å². The summed E-state index contributed by atoms with van der Waals surface area (Å²) in [6.45, 7) is 9.28. The maximum atomic E-state index is 2.56. The molecular weight excluding hydrogens is 328 g/mol. The first-order valence-electron chi connectivity index (χ1n) is 12.4. The van der Waals surface area contributed by atoms with Gasteiger partial charge in [-0.05, 0) is 25.7 Å². The summed E-state index contributed by atoms with van der Waals surface area (Å²) in [5, 5.41) is 0. The van der Waals surface area contributed by atoms with Gasteiger partial charge in [0.05, 0.1) is 13.1 Å². The van der Waals surface area contributed by atoms with Gasteiger partial charge < -0.3 is 0 Å². The molecule has 27 heavy (non-hydrogen) atoms. The van der Waals surface area contributed by atoms with E-state index in [0.717, 1.165) is 0 Å². The van der Waals surface area contributed by atoms with Crippen molar-refractivity contribution in [2.75, 3.05) is 0 Å². The van der Waals surface area contributed by atoms with Crippen LogP contribution in [0.15, 0.2) is 12.4 Å². The van der Waals surface area contributed by atoms with Gasteiger partial charge in [-0.2, -0.15) is 0 Å². The van der Waals surface area contributed by atoms with E-state index >= 15 is 0 Å². The molecule has 1 aromatic heterocycles. The summed E-state index contributed by atoms with van der Waals surface area (Å²) < 4.78 is 5.07. The molecular formula is C25H49N2+. The van der Waals surface area contributed by atoms with E-state index in [1.165, 1.54) is 122 Å². The Labute approximate surface area is 170 Å². The molecule has 1 aromatic rings. The minimum Gasteiger partial charge on any atom is -0.234 e. The molecule has 0 N–H and O–H groups in total. The highest BCUT2D eigenvalue weighted by Crippen LogP contribution is 2.12. The van der Waals surface area contributed by atoms with E-state index < -0.39 is 0 Å². The van der Waals surface area contributed by atoms with Gasteiger partial charge in [-0.1, -0.05) is 97.8 Å². The number of imidazole rings is 1. The van der Waals surface area contributed by atoms with Gasteiger partial charge in [0.2, 0.25) is 0 Å². The fraction of sp³-hybridized carbons (Fsp3) is 0.880. The maximum Gasteiger partial charge on any atom is 0.256 e. The van der Waals surface area contributed by atoms with E-state index in [0.29, 0.717) is 0 Å². The minimum atomic E-state index is 1.18. The Morgan fingerprint density at radius 3 is 1.70 bits per heavy atom. The molecule has 0 aliphatic heterocycles. The zero-order valence-corrected chi connectivity index (χ0v) is 19.0. The standard InChI is InChI=1S/C25H49N2/c1-4-7-9-11-13-14-16-18-20-25-26(21-6-3)23-24-27(25)22-19-17-15-12-10-8-5-2/h23-24H,4-22H2,1-3H3/q+1. The van der Waals surface area contributed by atoms with E-state index in [1.54, 1.807) is 5.82 Å². The number of aromatic nitrogens is 2. The second-order valence-corrected chi connectivity index (χ2v) is 8.45. The summed E-state index contributed by atoms with van der Waals surface area (Å²) in [7, 11) is 0. The zero-order valence-electron chi connectivity index (χ0n) is 19.0. The molecule has 158 valence electrons. The predicted octanol–water partition coefficient (Wildman–Crippen LogP) is 7.62. The first-order valence-corrected chi connectivity index (χ1v) is 12.4. The molecule has 0 aliphatic carbocycles. The zero-order chi connectivity index (χ0) is 19.6. The molecule has 0 amide bonds. The van der Waals surface area contributed by atoms with Crippen LogP contribution in [0.25, 0.3) is 0 Å². The van der Waals surface area contributed by atoms with Gasteiger partial charge in [-0.15, -0.1) is 0 Å². The average molecular weight is 378 g/mol. The first-order chi connectivity index (χ1) is 13.3. The average Bonchev–Trinajstić information content (AvgIpc) is 3.05. The lowest BCUT2D eigenvalue weighted by molar-refractivity contribution is -0.703. The monoisotopic (exact) mass is 377 g/mol. The van der Waals surface area contributed by atoms with Crippen LogP contribution in [0.3, 0.4) is 0 Å². The smallest absolute Gasteiger partial charge is 0.234 e. The van der Waals surface area contributed by atoms with Crippen molar-refractivity contribution < 1.29 is 4.57 Å². The van der Waals surface area contributed by atoms with Crippen LogP contribution in [0.1, 0.15) is 129 Å². The Balaban J connectivity index is 2.28. The van der Waals surface area contributed by atoms with Crippen molar-refractivity contribution in [3.05, 3.63) is 18.2 Å². The van der Waals surface area contributed by atoms with Crippen LogP contribution in [-0.4, -0.2) is 4.57 Å². The third-order valence-electron chi connectivity index (χ3n) is 5.81. The SMILES string of the molecule is CCCCCCCCCCc1n(CCCCCCCCC)cc[n+]1CCC. The van der Waals surface area contributed by atoms with Gasteiger partial charge in [-0.25, -0.2) is 9.13 Å². The molecule has 0 radical (unpaired) electrons. The van der Waals surface area contributed by atoms with E-state index in [2.05, 4.69) is 42.3 Å². The number of nitrogens with zero attached hydrogens (tertiary/aromatic N) is 2. The van der Waals surface area contributed by atoms with Crippen molar-refractivity contribution in [3.63, 3.8) is 0 Å². The fourth-order valence-corrected chi connectivity index (χ4v) is 4.09. The Morgan fingerprint density at radius 1 is 0.630 bits per heavy atom. The van der Waals surface area contributed by atoms with E-state index in [4.69, 9.17) is 0 Å². The summed E-state index contributed by atoms with van der Waals surface area (Å²) in [5.74, 6) is 1.58. The van der Waals surface area contributed by atoms with Crippen LogP contribution in [0.4, 0.5) is 0 Å². The third kappa shape index (κ3) is 11.6. The normalized spacial score (nSPS) is 11.4. The van der Waals surface area contributed by atoms with Crippen LogP contribution in [-0.2, 0) is 19.5 Å². The molecule has 0 bridgehead atoms. The predicted molar refractivity (Wildman–Crippen MR) is 119 cm³/mol. The number of hydrogen-bond donors (Lipinski definition) is 0. The molecule has 0 fully saturated rings. The van der Waals surface area contributed by atoms with Gasteiger partial charge in [0.1, 0.15) is 12.4 Å². The van der Waals surface area contributed by atoms with Crippen molar-refractivity contribution in [2.24, 2.45) is 0 Å². The summed E-state index contributed by atoms with van der Waals surface area (Å²) in [4.78, 5) is 0. The van der Waals surface area contributed by atoms with Crippen molar-refractivity contribution in [2.45, 2.75) is 143 Å². The topological polar surface area (TPSA) is 8.81 Å². The van der Waals surface area contributed by atoms with Crippen molar-refractivity contribution >= 4 is 0 Å². The van der Waals surface area contributed by atoms with E-state index in [1.807, 2.05) is 0 Å². The summed E-state index contributed by atoms with van der Waals surface area (Å²) in [5.41, 5.74) is 0. The Hall–Kier alpha value is -0.790. The van der Waals surface area contributed by atoms with Gasteiger partial charge in [0, 0.05) is 6.42 Å². The molecule has 1 heterocycles. The highest BCUT2D eigenvalue weighted by Gasteiger charge is 2.15. The fourth-order valence-electron chi connectivity index (χ4n) is 4.09. The van der Waals surface area contributed by atoms with Crippen molar-refractivity contribution in [1.82, 2.24) is 4.57 Å². The van der Waals surface area contributed by atoms with Crippen LogP contribution in [0.2, 0.25) is 0 Å². The molecule has 0 aliphatic rings. The highest BCUT2D eigenvalue weighted by molar-refractivity contribution is 4.84. The molecule has 0 unspecified atom stereocenters. The molecule has 0 saturated heterocycles. The summed E-state index contributed by atoms with van der Waals surface area (Å²) in [6, 6.07) is 0. The van der Waals surface area contributed by atoms with Crippen molar-refractivity contribution in [1.29, 1.82) is 0 Å². The maximum absolute atomic E-state index is 2.56. The van der Waals surface area contributed by atoms with Gasteiger partial charge in [0.25, 0.3) is 5.82 Å². The molecule has 1 rings (SSSR count). The Kier molecular flexibility index (Phi) is 15.6. The van der Waals surface area contributed by atoms with Crippen molar-refractivity contribution in [3.8, 4) is 0 Å². The molecule has 0 aromatic carbocycles. The quantitative estimate of drug-likeness (QED) is 0.173. The van der Waals surface area contributed by atoms with E-state index in [9.17, 15) is 0 Å². The largest absolute Gasteiger partial charge is 0.256 e. The molecule has 0 spiro atoms. The molecule has 2 heteroatoms. The molecule has 0 atom stereocenters. The lowest BCUT2D eigenvalue weighted by Crippen LogP contribution is -2.37. The lowest BCUT2D eigenvalue weighted by Gasteiger charge is -2.06. The highest BCUT2D eigenvalue weighted by atomic mass is 15.1. The third-order valence-corrected chi connectivity index (χ3v) is 5.81. The first kappa shape index (κ1) is 24.2. The van der Waals surface area contributed by atoms with Gasteiger partial charge in [0.15, 0.2) is 0 Å². The minimum absolute atomic E-state index is 1.18. The van der Waals surface area contributed by atoms with Crippen LogP contribution < -0.4 is 4.57 Å².